The summed E-state index contributed by atoms with van der Waals surface area (Å²) in [6.07, 6.45) is 2.87. The fourth-order valence-electron chi connectivity index (χ4n) is 5.28. The number of amides is 3. The minimum absolute atomic E-state index is 0.112. The molecule has 0 bridgehead atoms. The molecule has 1 aliphatic carbocycles. The molecule has 1 atom stereocenters. The Bertz CT molecular complexity index is 1760. The van der Waals surface area contributed by atoms with Crippen LogP contribution >= 0.6 is 23.2 Å². The van der Waals surface area contributed by atoms with Crippen molar-refractivity contribution in [2.75, 3.05) is 11.4 Å². The molecule has 3 heterocycles. The Labute approximate surface area is 255 Å². The maximum Gasteiger partial charge on any atom is 0.270 e. The third-order valence-corrected chi connectivity index (χ3v) is 8.07. The van der Waals surface area contributed by atoms with E-state index in [4.69, 9.17) is 23.2 Å². The average Bonchev–Trinajstić information content (AvgIpc) is 3.29. The Balaban J connectivity index is 1.31. The predicted molar refractivity (Wildman–Crippen MR) is 155 cm³/mol. The highest BCUT2D eigenvalue weighted by Gasteiger charge is 2.54. The number of H-pyrrole nitrogens is 1. The number of rotatable bonds is 9. The number of anilines is 2. The van der Waals surface area contributed by atoms with Gasteiger partial charge >= 0.3 is 0 Å². The predicted octanol–water partition coefficient (Wildman–Crippen LogP) is 2.83. The topological polar surface area (TPSA) is 175 Å². The zero-order chi connectivity index (χ0) is 30.4. The van der Waals surface area contributed by atoms with E-state index >= 15 is 0 Å². The molecular formula is C28H24Cl2N10O3. The van der Waals surface area contributed by atoms with Crippen LogP contribution in [0.5, 0.6) is 0 Å². The lowest BCUT2D eigenvalue weighted by Crippen LogP contribution is -2.50. The summed E-state index contributed by atoms with van der Waals surface area (Å²) >= 11 is 12.5. The molecule has 1 fully saturated rings. The van der Waals surface area contributed by atoms with Gasteiger partial charge in [-0.3, -0.25) is 19.0 Å². The Morgan fingerprint density at radius 3 is 2.49 bits per heavy atom. The van der Waals surface area contributed by atoms with Crippen molar-refractivity contribution < 1.29 is 14.4 Å². The van der Waals surface area contributed by atoms with E-state index in [1.807, 2.05) is 0 Å². The minimum atomic E-state index is -1.30. The van der Waals surface area contributed by atoms with Gasteiger partial charge in [-0.05, 0) is 55.7 Å². The molecule has 15 heteroatoms. The molecule has 2 aromatic heterocycles. The maximum absolute atomic E-state index is 14.2. The van der Waals surface area contributed by atoms with E-state index in [1.165, 1.54) is 11.1 Å². The summed E-state index contributed by atoms with van der Waals surface area (Å²) < 4.78 is 1.59. The maximum atomic E-state index is 14.2. The van der Waals surface area contributed by atoms with Crippen molar-refractivity contribution >= 4 is 52.6 Å². The fourth-order valence-corrected chi connectivity index (χ4v) is 5.80. The minimum Gasteiger partial charge on any atom is -0.354 e. The summed E-state index contributed by atoms with van der Waals surface area (Å²) in [5.74, 6) is -0.556. The number of fused-ring (bicyclic) bond motifs is 1. The third-order valence-electron chi connectivity index (χ3n) is 7.63. The molecule has 0 spiro atoms. The molecular weight excluding hydrogens is 595 g/mol. The average molecular weight is 619 g/mol. The van der Waals surface area contributed by atoms with E-state index in [2.05, 4.69) is 42.3 Å². The molecule has 1 saturated carbocycles. The molecule has 0 saturated heterocycles. The van der Waals surface area contributed by atoms with Crippen molar-refractivity contribution in [3.63, 3.8) is 0 Å². The molecule has 13 nitrogen and oxygen atoms in total. The highest BCUT2D eigenvalue weighted by atomic mass is 35.5. The lowest BCUT2D eigenvalue weighted by Gasteiger charge is -2.27. The van der Waals surface area contributed by atoms with Gasteiger partial charge in [0, 0.05) is 29.4 Å². The number of benzene rings is 2. The van der Waals surface area contributed by atoms with Crippen molar-refractivity contribution in [1.82, 2.24) is 40.8 Å². The quantitative estimate of drug-likeness (QED) is 0.256. The van der Waals surface area contributed by atoms with Gasteiger partial charge in [0.05, 0.1) is 23.5 Å². The Kier molecular flexibility index (Phi) is 7.11. The number of halogens is 2. The Morgan fingerprint density at radius 2 is 1.86 bits per heavy atom. The van der Waals surface area contributed by atoms with Crippen LogP contribution in [0.4, 0.5) is 11.6 Å². The van der Waals surface area contributed by atoms with Crippen LogP contribution in [-0.4, -0.2) is 60.0 Å². The number of carbonyl (C=O) groups excluding carboxylic acids is 3. The zero-order valence-electron chi connectivity index (χ0n) is 22.8. The molecule has 2 aromatic carbocycles. The first-order chi connectivity index (χ1) is 20.6. The molecule has 3 amide bonds. The first-order valence-electron chi connectivity index (χ1n) is 13.3. The van der Waals surface area contributed by atoms with E-state index < -0.39 is 17.0 Å². The summed E-state index contributed by atoms with van der Waals surface area (Å²) in [7, 11) is 0. The van der Waals surface area contributed by atoms with Gasteiger partial charge in [0.25, 0.3) is 11.8 Å². The van der Waals surface area contributed by atoms with E-state index in [-0.39, 0.29) is 36.4 Å². The van der Waals surface area contributed by atoms with Crippen molar-refractivity contribution in [2.24, 2.45) is 0 Å². The molecule has 1 aliphatic heterocycles. The highest BCUT2D eigenvalue weighted by molar-refractivity contribution is 6.35. The second-order valence-corrected chi connectivity index (χ2v) is 11.5. The van der Waals surface area contributed by atoms with Crippen LogP contribution in [-0.2, 0) is 28.0 Å². The van der Waals surface area contributed by atoms with Crippen LogP contribution in [0.2, 0.25) is 10.0 Å². The third kappa shape index (κ3) is 5.19. The normalized spacial score (nSPS) is 18.2. The van der Waals surface area contributed by atoms with Crippen molar-refractivity contribution in [3.05, 3.63) is 81.4 Å². The number of hydrogen-bond donors (Lipinski definition) is 3. The Morgan fingerprint density at radius 1 is 1.14 bits per heavy atom. The molecule has 0 radical (unpaired) electrons. The van der Waals surface area contributed by atoms with Crippen molar-refractivity contribution in [2.45, 2.75) is 43.7 Å². The van der Waals surface area contributed by atoms with Gasteiger partial charge < -0.3 is 10.6 Å². The molecule has 4 aromatic rings. The number of carbonyl (C=O) groups is 3. The molecule has 0 unspecified atom stereocenters. The van der Waals surface area contributed by atoms with Gasteiger partial charge in [-0.15, -0.1) is 10.2 Å². The second-order valence-electron chi connectivity index (χ2n) is 10.7. The number of tetrazole rings is 1. The van der Waals surface area contributed by atoms with Crippen LogP contribution in [0.25, 0.3) is 0 Å². The van der Waals surface area contributed by atoms with Crippen molar-refractivity contribution in [3.8, 4) is 6.07 Å². The Hall–Kier alpha value is -4.80. The van der Waals surface area contributed by atoms with Gasteiger partial charge in [-0.2, -0.15) is 10.5 Å². The van der Waals surface area contributed by atoms with E-state index in [0.29, 0.717) is 46.4 Å². The van der Waals surface area contributed by atoms with Gasteiger partial charge in [0.1, 0.15) is 16.8 Å². The van der Waals surface area contributed by atoms with Crippen LogP contribution in [0.3, 0.4) is 0 Å². The standard InChI is InChI=1S/C28H24Cl2N10O3/c1-27(13-16-2-4-17(14-31)5-3-16)25(43)39(20-11-18(29)10-19(30)12-20)26-33-15-21(40(26)27)23(41)34-28(7-8-28)24(42)32-9-6-22-35-37-38-36-22/h2-5,10-12,15H,6-9,13H2,1H3,(H,32,42)(H,34,41)(H,35,36,37,38)/t27-/m1/s1. The van der Waals surface area contributed by atoms with E-state index in [0.717, 1.165) is 5.56 Å². The summed E-state index contributed by atoms with van der Waals surface area (Å²) in [4.78, 5) is 46.9. The van der Waals surface area contributed by atoms with Gasteiger partial charge in [0.15, 0.2) is 5.82 Å². The number of aromatic nitrogens is 6. The largest absolute Gasteiger partial charge is 0.354 e. The van der Waals surface area contributed by atoms with E-state index in [9.17, 15) is 19.6 Å². The summed E-state index contributed by atoms with van der Waals surface area (Å²) in [5.41, 5.74) is -0.622. The van der Waals surface area contributed by atoms with Crippen LogP contribution in [0.15, 0.2) is 48.7 Å². The highest BCUT2D eigenvalue weighted by Crippen LogP contribution is 2.44. The van der Waals surface area contributed by atoms with E-state index in [1.54, 1.807) is 54.0 Å². The summed E-state index contributed by atoms with van der Waals surface area (Å²) in [6, 6.07) is 13.7. The molecule has 218 valence electrons. The second kappa shape index (κ2) is 10.8. The van der Waals surface area contributed by atoms with Crippen LogP contribution in [0.1, 0.15) is 47.2 Å². The zero-order valence-corrected chi connectivity index (χ0v) is 24.3. The smallest absolute Gasteiger partial charge is 0.270 e. The lowest BCUT2D eigenvalue weighted by atomic mass is 9.91. The van der Waals surface area contributed by atoms with Gasteiger partial charge in [-0.25, -0.2) is 9.88 Å². The number of nitriles is 1. The molecule has 43 heavy (non-hydrogen) atoms. The summed E-state index contributed by atoms with van der Waals surface area (Å²) in [5, 5.41) is 29.1. The van der Waals surface area contributed by atoms with Crippen molar-refractivity contribution in [1.29, 1.82) is 5.26 Å². The monoisotopic (exact) mass is 618 g/mol. The molecule has 2 aliphatic rings. The molecule has 3 N–H and O–H groups in total. The van der Waals surface area contributed by atoms with Gasteiger partial charge in [0.2, 0.25) is 11.9 Å². The van der Waals surface area contributed by atoms with Gasteiger partial charge in [-0.1, -0.05) is 40.5 Å². The summed E-state index contributed by atoms with van der Waals surface area (Å²) in [6.45, 7) is 1.99. The van der Waals surface area contributed by atoms with Crippen LogP contribution < -0.4 is 15.5 Å². The van der Waals surface area contributed by atoms with Crippen LogP contribution in [0, 0.1) is 11.3 Å². The number of aromatic amines is 1. The lowest BCUT2D eigenvalue weighted by molar-refractivity contribution is -0.124. The SMILES string of the molecule is C[C@@]1(Cc2ccc(C#N)cc2)C(=O)N(c2cc(Cl)cc(Cl)c2)c2ncc(C(=O)NC3(C(=O)NCCc4nn[nH]n4)CC3)n21. The molecule has 6 rings (SSSR count). The number of nitrogens with zero attached hydrogens (tertiary/aromatic N) is 7. The number of hydrogen-bond acceptors (Lipinski definition) is 8. The fraction of sp³-hybridized carbons (Fsp3) is 0.286. The first kappa shape index (κ1) is 28.3. The number of imidazole rings is 1. The first-order valence-corrected chi connectivity index (χ1v) is 14.1. The number of nitrogens with one attached hydrogen (secondary N) is 3.